The van der Waals surface area contributed by atoms with Crippen molar-refractivity contribution in [3.8, 4) is 0 Å². The second-order valence-corrected chi connectivity index (χ2v) is 4.80. The van der Waals surface area contributed by atoms with Crippen molar-refractivity contribution in [2.24, 2.45) is 5.92 Å². The van der Waals surface area contributed by atoms with Crippen molar-refractivity contribution in [1.29, 1.82) is 0 Å². The number of hydrogen-bond donors (Lipinski definition) is 0. The summed E-state index contributed by atoms with van der Waals surface area (Å²) in [5.74, 6) is 0.405. The lowest BCUT2D eigenvalue weighted by Gasteiger charge is -2.05. The standard InChI is InChI=1S/C14H19NO2/c1-10(2)13-7-5-12(6-8-13)9-14(11(3)4)15(16)17/h5-11H,1-4H3/b14-9-. The lowest BCUT2D eigenvalue weighted by atomic mass is 10.0. The molecule has 1 rings (SSSR count). The molecule has 0 radical (unpaired) electrons. The van der Waals surface area contributed by atoms with Crippen LogP contribution in [0.25, 0.3) is 6.08 Å². The Bertz CT molecular complexity index is 416. The van der Waals surface area contributed by atoms with Gasteiger partial charge in [-0.1, -0.05) is 52.0 Å². The van der Waals surface area contributed by atoms with Gasteiger partial charge in [0, 0.05) is 12.0 Å². The van der Waals surface area contributed by atoms with Crippen LogP contribution in [0.15, 0.2) is 30.0 Å². The summed E-state index contributed by atoms with van der Waals surface area (Å²) in [5, 5.41) is 10.9. The fourth-order valence-electron chi connectivity index (χ4n) is 1.58. The van der Waals surface area contributed by atoms with Crippen LogP contribution >= 0.6 is 0 Å². The average Bonchev–Trinajstić information content (AvgIpc) is 2.25. The van der Waals surface area contributed by atoms with E-state index in [1.807, 2.05) is 38.1 Å². The summed E-state index contributed by atoms with van der Waals surface area (Å²) in [5.41, 5.74) is 2.38. The largest absolute Gasteiger partial charge is 0.259 e. The molecular formula is C14H19NO2. The normalized spacial score (nSPS) is 12.2. The Morgan fingerprint density at radius 1 is 1.18 bits per heavy atom. The first kappa shape index (κ1) is 13.4. The van der Waals surface area contributed by atoms with Crippen LogP contribution < -0.4 is 0 Å². The van der Waals surface area contributed by atoms with Crippen molar-refractivity contribution >= 4 is 6.08 Å². The summed E-state index contributed by atoms with van der Waals surface area (Å²) in [6, 6.07) is 7.91. The highest BCUT2D eigenvalue weighted by atomic mass is 16.6. The third kappa shape index (κ3) is 3.70. The summed E-state index contributed by atoms with van der Waals surface area (Å²) in [6.45, 7) is 7.91. The molecule has 1 aromatic carbocycles. The fourth-order valence-corrected chi connectivity index (χ4v) is 1.58. The van der Waals surface area contributed by atoms with Gasteiger partial charge in [-0.05, 0) is 17.0 Å². The Morgan fingerprint density at radius 2 is 1.71 bits per heavy atom. The van der Waals surface area contributed by atoms with E-state index < -0.39 is 0 Å². The molecule has 92 valence electrons. The highest BCUT2D eigenvalue weighted by molar-refractivity contribution is 5.52. The second-order valence-electron chi connectivity index (χ2n) is 4.80. The van der Waals surface area contributed by atoms with E-state index in [0.717, 1.165) is 5.56 Å². The molecule has 0 atom stereocenters. The van der Waals surface area contributed by atoms with E-state index in [0.29, 0.717) is 5.92 Å². The van der Waals surface area contributed by atoms with Crippen molar-refractivity contribution in [2.45, 2.75) is 33.6 Å². The lowest BCUT2D eigenvalue weighted by Crippen LogP contribution is -2.05. The van der Waals surface area contributed by atoms with E-state index in [1.165, 1.54) is 5.56 Å². The summed E-state index contributed by atoms with van der Waals surface area (Å²) in [4.78, 5) is 10.6. The fraction of sp³-hybridized carbons (Fsp3) is 0.429. The topological polar surface area (TPSA) is 43.1 Å². The highest BCUT2D eigenvalue weighted by Crippen LogP contribution is 2.18. The number of hydrogen-bond acceptors (Lipinski definition) is 2. The van der Waals surface area contributed by atoms with E-state index in [9.17, 15) is 10.1 Å². The van der Waals surface area contributed by atoms with Gasteiger partial charge < -0.3 is 0 Å². The Labute approximate surface area is 102 Å². The SMILES string of the molecule is CC(C)/C(=C/c1ccc(C(C)C)cc1)[N+](=O)[O-]. The molecule has 0 heterocycles. The van der Waals surface area contributed by atoms with Crippen LogP contribution in [0.4, 0.5) is 0 Å². The molecule has 0 aromatic heterocycles. The Balaban J connectivity index is 3.01. The van der Waals surface area contributed by atoms with Crippen molar-refractivity contribution in [3.05, 3.63) is 51.2 Å². The molecule has 0 aliphatic rings. The smallest absolute Gasteiger partial charge is 0.249 e. The minimum Gasteiger partial charge on any atom is -0.259 e. The molecule has 0 fully saturated rings. The van der Waals surface area contributed by atoms with Crippen LogP contribution in [-0.2, 0) is 0 Å². The quantitative estimate of drug-likeness (QED) is 0.580. The highest BCUT2D eigenvalue weighted by Gasteiger charge is 2.15. The minimum absolute atomic E-state index is 0.0743. The molecule has 3 nitrogen and oxygen atoms in total. The molecule has 0 aliphatic heterocycles. The Kier molecular flexibility index (Phi) is 4.44. The first-order valence-corrected chi connectivity index (χ1v) is 5.87. The monoisotopic (exact) mass is 233 g/mol. The van der Waals surface area contributed by atoms with Crippen LogP contribution in [0.3, 0.4) is 0 Å². The first-order chi connectivity index (χ1) is 7.91. The lowest BCUT2D eigenvalue weighted by molar-refractivity contribution is -0.431. The maximum atomic E-state index is 10.9. The number of nitrogens with zero attached hydrogens (tertiary/aromatic N) is 1. The van der Waals surface area contributed by atoms with Crippen LogP contribution in [-0.4, -0.2) is 4.92 Å². The molecule has 0 saturated carbocycles. The maximum absolute atomic E-state index is 10.9. The van der Waals surface area contributed by atoms with Gasteiger partial charge in [0.1, 0.15) is 0 Å². The van der Waals surface area contributed by atoms with Gasteiger partial charge in [-0.2, -0.15) is 0 Å². The zero-order chi connectivity index (χ0) is 13.0. The van der Waals surface area contributed by atoms with E-state index in [2.05, 4.69) is 13.8 Å². The molecule has 0 amide bonds. The second kappa shape index (κ2) is 5.62. The van der Waals surface area contributed by atoms with Gasteiger partial charge in [0.15, 0.2) is 0 Å². The van der Waals surface area contributed by atoms with Gasteiger partial charge in [0.25, 0.3) is 0 Å². The molecule has 17 heavy (non-hydrogen) atoms. The van der Waals surface area contributed by atoms with Crippen molar-refractivity contribution in [2.75, 3.05) is 0 Å². The molecule has 0 aliphatic carbocycles. The van der Waals surface area contributed by atoms with Gasteiger partial charge >= 0.3 is 0 Å². The third-order valence-corrected chi connectivity index (χ3v) is 2.72. The predicted octanol–water partition coefficient (Wildman–Crippen LogP) is 4.08. The van der Waals surface area contributed by atoms with E-state index >= 15 is 0 Å². The van der Waals surface area contributed by atoms with Gasteiger partial charge in [-0.15, -0.1) is 0 Å². The predicted molar refractivity (Wildman–Crippen MR) is 70.3 cm³/mol. The van der Waals surface area contributed by atoms with Crippen molar-refractivity contribution in [3.63, 3.8) is 0 Å². The molecular weight excluding hydrogens is 214 g/mol. The Morgan fingerprint density at radius 3 is 2.06 bits per heavy atom. The summed E-state index contributed by atoms with van der Waals surface area (Å²) in [6.07, 6.45) is 1.65. The zero-order valence-corrected chi connectivity index (χ0v) is 10.8. The number of allylic oxidation sites excluding steroid dienone is 1. The average molecular weight is 233 g/mol. The van der Waals surface area contributed by atoms with Gasteiger partial charge in [0.05, 0.1) is 4.92 Å². The van der Waals surface area contributed by atoms with Crippen molar-refractivity contribution in [1.82, 2.24) is 0 Å². The molecule has 0 spiro atoms. The number of nitro groups is 1. The molecule has 0 unspecified atom stereocenters. The molecule has 3 heteroatoms. The number of benzene rings is 1. The van der Waals surface area contributed by atoms with E-state index in [1.54, 1.807) is 6.08 Å². The van der Waals surface area contributed by atoms with E-state index in [-0.39, 0.29) is 16.5 Å². The molecule has 0 N–H and O–H groups in total. The summed E-state index contributed by atoms with van der Waals surface area (Å²) >= 11 is 0. The van der Waals surface area contributed by atoms with Gasteiger partial charge in [-0.25, -0.2) is 0 Å². The van der Waals surface area contributed by atoms with Crippen LogP contribution in [0.1, 0.15) is 44.7 Å². The van der Waals surface area contributed by atoms with Gasteiger partial charge in [-0.3, -0.25) is 10.1 Å². The van der Waals surface area contributed by atoms with Crippen molar-refractivity contribution < 1.29 is 4.92 Å². The third-order valence-electron chi connectivity index (χ3n) is 2.72. The summed E-state index contributed by atoms with van der Waals surface area (Å²) < 4.78 is 0. The first-order valence-electron chi connectivity index (χ1n) is 5.87. The summed E-state index contributed by atoms with van der Waals surface area (Å²) in [7, 11) is 0. The van der Waals surface area contributed by atoms with E-state index in [4.69, 9.17) is 0 Å². The Hall–Kier alpha value is -1.64. The number of rotatable bonds is 4. The van der Waals surface area contributed by atoms with Crippen LogP contribution in [0.2, 0.25) is 0 Å². The molecule has 0 saturated heterocycles. The van der Waals surface area contributed by atoms with Crippen LogP contribution in [0.5, 0.6) is 0 Å². The zero-order valence-electron chi connectivity index (χ0n) is 10.8. The van der Waals surface area contributed by atoms with Gasteiger partial charge in [0.2, 0.25) is 5.70 Å². The van der Waals surface area contributed by atoms with Crippen LogP contribution in [0, 0.1) is 16.0 Å². The molecule has 0 bridgehead atoms. The maximum Gasteiger partial charge on any atom is 0.249 e. The molecule has 1 aromatic rings. The minimum atomic E-state index is -0.305.